The lowest BCUT2D eigenvalue weighted by atomic mass is 10.2. The van der Waals surface area contributed by atoms with Gasteiger partial charge in [-0.25, -0.2) is 4.98 Å². The van der Waals surface area contributed by atoms with Crippen LogP contribution in [0.3, 0.4) is 0 Å². The molecule has 1 amide bonds. The molecule has 0 saturated heterocycles. The molecule has 0 spiro atoms. The van der Waals surface area contributed by atoms with Crippen LogP contribution in [0.4, 0.5) is 0 Å². The molecule has 0 fully saturated rings. The summed E-state index contributed by atoms with van der Waals surface area (Å²) in [4.78, 5) is 15.6. The van der Waals surface area contributed by atoms with Gasteiger partial charge in [-0.2, -0.15) is 0 Å². The zero-order valence-corrected chi connectivity index (χ0v) is 8.94. The Morgan fingerprint density at radius 2 is 2.53 bits per heavy atom. The van der Waals surface area contributed by atoms with Crippen LogP contribution in [0.25, 0.3) is 4.83 Å². The smallest absolute Gasteiger partial charge is 0.207 e. The van der Waals surface area contributed by atoms with E-state index >= 15 is 0 Å². The lowest BCUT2D eigenvalue weighted by Gasteiger charge is -2.17. The van der Waals surface area contributed by atoms with Gasteiger partial charge in [0, 0.05) is 11.6 Å². The third-order valence-electron chi connectivity index (χ3n) is 2.20. The first-order valence-electron chi connectivity index (χ1n) is 4.52. The number of amides is 1. The number of nitrogens with one attached hydrogen (secondary N) is 1. The molecule has 5 nitrogen and oxygen atoms in total. The number of imidazole rings is 1. The number of carbonyl (C=O) groups excluding carboxylic acids is 1. The highest BCUT2D eigenvalue weighted by Gasteiger charge is 2.21. The van der Waals surface area contributed by atoms with Crippen LogP contribution in [-0.2, 0) is 4.79 Å². The van der Waals surface area contributed by atoms with Crippen LogP contribution in [0.15, 0.2) is 17.8 Å². The fourth-order valence-corrected chi connectivity index (χ4v) is 2.19. The summed E-state index contributed by atoms with van der Waals surface area (Å²) < 4.78 is 1.86. The minimum absolute atomic E-state index is 0.473. The van der Waals surface area contributed by atoms with Gasteiger partial charge in [-0.15, -0.1) is 11.3 Å². The van der Waals surface area contributed by atoms with Crippen molar-refractivity contribution in [2.75, 3.05) is 0 Å². The summed E-state index contributed by atoms with van der Waals surface area (Å²) in [5, 5.41) is 14.0. The number of aromatic nitrogens is 2. The maximum absolute atomic E-state index is 10.4. The van der Waals surface area contributed by atoms with Crippen molar-refractivity contribution < 1.29 is 9.90 Å². The minimum atomic E-state index is -0.680. The monoisotopic (exact) mass is 225 g/mol. The average molecular weight is 225 g/mol. The number of fused-ring (bicyclic) bond motifs is 1. The summed E-state index contributed by atoms with van der Waals surface area (Å²) >= 11 is 1.56. The molecule has 6 heteroatoms. The van der Waals surface area contributed by atoms with Crippen molar-refractivity contribution in [1.29, 1.82) is 0 Å². The maximum Gasteiger partial charge on any atom is 0.207 e. The molecule has 2 heterocycles. The van der Waals surface area contributed by atoms with E-state index in [9.17, 15) is 9.90 Å². The molecule has 2 atom stereocenters. The van der Waals surface area contributed by atoms with Crippen molar-refractivity contribution in [3.63, 3.8) is 0 Å². The molecule has 80 valence electrons. The highest BCUT2D eigenvalue weighted by Crippen LogP contribution is 2.20. The van der Waals surface area contributed by atoms with Gasteiger partial charge in [0.2, 0.25) is 6.41 Å². The summed E-state index contributed by atoms with van der Waals surface area (Å²) in [5.41, 5.74) is 0. The summed E-state index contributed by atoms with van der Waals surface area (Å²) in [6, 6.07) is -0.473. The first-order chi connectivity index (χ1) is 7.24. The summed E-state index contributed by atoms with van der Waals surface area (Å²) in [6.45, 7) is 1.62. The van der Waals surface area contributed by atoms with Crippen molar-refractivity contribution in [2.45, 2.75) is 19.1 Å². The minimum Gasteiger partial charge on any atom is -0.391 e. The van der Waals surface area contributed by atoms with Gasteiger partial charge < -0.3 is 10.4 Å². The Bertz CT molecular complexity index is 463. The van der Waals surface area contributed by atoms with Crippen LogP contribution in [-0.4, -0.2) is 27.0 Å². The fraction of sp³-hybridized carbons (Fsp3) is 0.333. The number of nitrogens with zero attached hydrogens (tertiary/aromatic N) is 2. The van der Waals surface area contributed by atoms with Gasteiger partial charge in [0.1, 0.15) is 16.7 Å². The molecule has 0 bridgehead atoms. The number of aliphatic hydroxyl groups excluding tert-OH is 1. The van der Waals surface area contributed by atoms with Gasteiger partial charge in [-0.05, 0) is 6.92 Å². The summed E-state index contributed by atoms with van der Waals surface area (Å²) in [6.07, 6.45) is 3.48. The SMILES string of the molecule is C[C@H](O)[C@H](NC=O)c1ncc2sccn12. The third-order valence-corrected chi connectivity index (χ3v) is 3.00. The van der Waals surface area contributed by atoms with Crippen LogP contribution < -0.4 is 5.32 Å². The second-order valence-corrected chi connectivity index (χ2v) is 4.16. The first kappa shape index (κ1) is 10.1. The largest absolute Gasteiger partial charge is 0.391 e. The molecule has 0 aromatic carbocycles. The Hall–Kier alpha value is -1.40. The van der Waals surface area contributed by atoms with E-state index in [0.717, 1.165) is 4.83 Å². The van der Waals surface area contributed by atoms with Gasteiger partial charge in [-0.1, -0.05) is 0 Å². The van der Waals surface area contributed by atoms with E-state index in [2.05, 4.69) is 10.3 Å². The van der Waals surface area contributed by atoms with E-state index in [4.69, 9.17) is 0 Å². The van der Waals surface area contributed by atoms with Crippen molar-refractivity contribution in [1.82, 2.24) is 14.7 Å². The summed E-state index contributed by atoms with van der Waals surface area (Å²) in [7, 11) is 0. The predicted molar refractivity (Wildman–Crippen MR) is 56.7 cm³/mol. The van der Waals surface area contributed by atoms with Crippen molar-refractivity contribution >= 4 is 22.6 Å². The Kier molecular flexibility index (Phi) is 2.70. The number of hydrogen-bond donors (Lipinski definition) is 2. The Morgan fingerprint density at radius 3 is 3.20 bits per heavy atom. The molecule has 2 rings (SSSR count). The maximum atomic E-state index is 10.4. The van der Waals surface area contributed by atoms with Gasteiger partial charge in [0.25, 0.3) is 0 Å². The number of carbonyl (C=O) groups is 1. The van der Waals surface area contributed by atoms with Crippen LogP contribution in [0.1, 0.15) is 18.8 Å². The van der Waals surface area contributed by atoms with Crippen molar-refractivity contribution in [3.8, 4) is 0 Å². The molecule has 0 saturated carbocycles. The predicted octanol–water partition coefficient (Wildman–Crippen LogP) is 0.564. The molecule has 0 aliphatic heterocycles. The van der Waals surface area contributed by atoms with E-state index in [1.54, 1.807) is 24.5 Å². The normalized spacial score (nSPS) is 15.1. The van der Waals surface area contributed by atoms with E-state index in [1.807, 2.05) is 16.0 Å². The second-order valence-electron chi connectivity index (χ2n) is 3.23. The molecular formula is C9H11N3O2S. The molecule has 0 aliphatic carbocycles. The van der Waals surface area contributed by atoms with Crippen LogP contribution in [0.5, 0.6) is 0 Å². The molecule has 2 N–H and O–H groups in total. The standard InChI is InChI=1S/C9H11N3O2S/c1-6(14)8(11-5-13)9-10-4-7-12(9)2-3-15-7/h2-6,8,14H,1H3,(H,11,13)/t6-,8-/m0/s1. The quantitative estimate of drug-likeness (QED) is 0.747. The Balaban J connectivity index is 2.42. The van der Waals surface area contributed by atoms with Gasteiger partial charge in [-0.3, -0.25) is 9.20 Å². The van der Waals surface area contributed by atoms with E-state index in [1.165, 1.54) is 0 Å². The zero-order valence-electron chi connectivity index (χ0n) is 8.12. The van der Waals surface area contributed by atoms with Crippen LogP contribution in [0, 0.1) is 0 Å². The Morgan fingerprint density at radius 1 is 1.73 bits per heavy atom. The number of rotatable bonds is 4. The molecule has 2 aromatic heterocycles. The Labute approximate surface area is 90.4 Å². The van der Waals surface area contributed by atoms with E-state index in [0.29, 0.717) is 12.2 Å². The molecule has 2 aromatic rings. The third kappa shape index (κ3) is 1.73. The average Bonchev–Trinajstić information content (AvgIpc) is 2.75. The highest BCUT2D eigenvalue weighted by molar-refractivity contribution is 7.15. The number of hydrogen-bond acceptors (Lipinski definition) is 4. The van der Waals surface area contributed by atoms with Crippen LogP contribution in [0.2, 0.25) is 0 Å². The zero-order chi connectivity index (χ0) is 10.8. The topological polar surface area (TPSA) is 66.6 Å². The molecule has 0 unspecified atom stereocenters. The summed E-state index contributed by atoms with van der Waals surface area (Å²) in [5.74, 6) is 0.647. The lowest BCUT2D eigenvalue weighted by molar-refractivity contribution is -0.111. The molecular weight excluding hydrogens is 214 g/mol. The van der Waals surface area contributed by atoms with Gasteiger partial charge >= 0.3 is 0 Å². The van der Waals surface area contributed by atoms with Crippen molar-refractivity contribution in [3.05, 3.63) is 23.6 Å². The second kappa shape index (κ2) is 4.00. The molecule has 15 heavy (non-hydrogen) atoms. The fourth-order valence-electron chi connectivity index (χ4n) is 1.49. The van der Waals surface area contributed by atoms with E-state index in [-0.39, 0.29) is 0 Å². The van der Waals surface area contributed by atoms with E-state index < -0.39 is 12.1 Å². The first-order valence-corrected chi connectivity index (χ1v) is 5.40. The van der Waals surface area contributed by atoms with Gasteiger partial charge in [0.15, 0.2) is 0 Å². The highest BCUT2D eigenvalue weighted by atomic mass is 32.1. The lowest BCUT2D eigenvalue weighted by Crippen LogP contribution is -2.30. The van der Waals surface area contributed by atoms with Gasteiger partial charge in [0.05, 0.1) is 12.3 Å². The van der Waals surface area contributed by atoms with Crippen molar-refractivity contribution in [2.24, 2.45) is 0 Å². The molecule has 0 aliphatic rings. The number of thiazole rings is 1. The number of aliphatic hydroxyl groups is 1. The van der Waals surface area contributed by atoms with Crippen LogP contribution >= 0.6 is 11.3 Å². The molecule has 0 radical (unpaired) electrons.